The molecule has 1 rings (SSSR count). The molecule has 0 amide bonds. The highest BCUT2D eigenvalue weighted by molar-refractivity contribution is 7.09. The van der Waals surface area contributed by atoms with Gasteiger partial charge in [0.1, 0.15) is 0 Å². The van der Waals surface area contributed by atoms with Crippen LogP contribution in [0.1, 0.15) is 44.3 Å². The Labute approximate surface area is 122 Å². The van der Waals surface area contributed by atoms with E-state index in [1.54, 1.807) is 11.3 Å². The molecule has 1 aromatic rings. The van der Waals surface area contributed by atoms with Crippen LogP contribution in [-0.4, -0.2) is 42.1 Å². The Morgan fingerprint density at radius 2 is 2.05 bits per heavy atom. The van der Waals surface area contributed by atoms with Gasteiger partial charge < -0.3 is 10.2 Å². The van der Waals surface area contributed by atoms with Crippen LogP contribution in [0.3, 0.4) is 0 Å². The van der Waals surface area contributed by atoms with Crippen LogP contribution in [0.15, 0.2) is 5.38 Å². The highest BCUT2D eigenvalue weighted by Crippen LogP contribution is 2.11. The first-order chi connectivity index (χ1) is 9.19. The van der Waals surface area contributed by atoms with Gasteiger partial charge in [0.15, 0.2) is 0 Å². The summed E-state index contributed by atoms with van der Waals surface area (Å²) < 4.78 is 0. The fraction of sp³-hybridized carbons (Fsp3) is 0.800. The molecule has 3 nitrogen and oxygen atoms in total. The molecule has 1 atom stereocenters. The predicted octanol–water partition coefficient (Wildman–Crippen LogP) is 3.09. The number of aryl methyl sites for hydroxylation is 1. The third-order valence-electron chi connectivity index (χ3n) is 3.49. The molecule has 1 heterocycles. The van der Waals surface area contributed by atoms with Crippen molar-refractivity contribution in [2.45, 2.75) is 53.0 Å². The summed E-state index contributed by atoms with van der Waals surface area (Å²) in [5.74, 6) is 0. The fourth-order valence-electron chi connectivity index (χ4n) is 2.26. The number of aromatic nitrogens is 1. The molecule has 0 bridgehead atoms. The summed E-state index contributed by atoms with van der Waals surface area (Å²) in [4.78, 5) is 7.08. The minimum absolute atomic E-state index is 0.557. The Bertz CT molecular complexity index is 334. The zero-order chi connectivity index (χ0) is 14.1. The summed E-state index contributed by atoms with van der Waals surface area (Å²) >= 11 is 1.75. The lowest BCUT2D eigenvalue weighted by Gasteiger charge is -2.23. The van der Waals surface area contributed by atoms with Crippen LogP contribution in [0.4, 0.5) is 0 Å². The second-order valence-corrected chi connectivity index (χ2v) is 6.09. The summed E-state index contributed by atoms with van der Waals surface area (Å²) in [5, 5.41) is 7.04. The number of nitrogens with one attached hydrogen (secondary N) is 1. The number of rotatable bonds is 10. The molecular weight excluding hydrogens is 254 g/mol. The summed E-state index contributed by atoms with van der Waals surface area (Å²) in [7, 11) is 0. The zero-order valence-electron chi connectivity index (χ0n) is 12.9. The maximum absolute atomic E-state index is 4.59. The molecule has 19 heavy (non-hydrogen) atoms. The quantitative estimate of drug-likeness (QED) is 0.715. The van der Waals surface area contributed by atoms with Crippen LogP contribution in [-0.2, 0) is 6.42 Å². The van der Waals surface area contributed by atoms with E-state index in [0.717, 1.165) is 26.1 Å². The molecule has 1 unspecified atom stereocenters. The molecule has 0 aliphatic heterocycles. The van der Waals surface area contributed by atoms with Crippen LogP contribution >= 0.6 is 11.3 Å². The van der Waals surface area contributed by atoms with E-state index >= 15 is 0 Å². The molecule has 4 heteroatoms. The van der Waals surface area contributed by atoms with Crippen molar-refractivity contribution >= 4 is 11.3 Å². The standard InChI is InChI=1S/C15H29N3S/c1-5-9-16-14(8-10-18(6-2)7-3)11-15-12-19-13(4)17-15/h12,14,16H,5-11H2,1-4H3. The molecule has 0 saturated heterocycles. The first kappa shape index (κ1) is 16.6. The zero-order valence-corrected chi connectivity index (χ0v) is 13.7. The molecule has 110 valence electrons. The van der Waals surface area contributed by atoms with E-state index in [2.05, 4.69) is 48.3 Å². The van der Waals surface area contributed by atoms with Crippen LogP contribution in [0.5, 0.6) is 0 Å². The first-order valence-electron chi connectivity index (χ1n) is 7.56. The van der Waals surface area contributed by atoms with Crippen LogP contribution in [0.2, 0.25) is 0 Å². The molecule has 1 aromatic heterocycles. The third kappa shape index (κ3) is 6.50. The molecule has 0 aromatic carbocycles. The van der Waals surface area contributed by atoms with Crippen molar-refractivity contribution < 1.29 is 0 Å². The Morgan fingerprint density at radius 3 is 2.58 bits per heavy atom. The van der Waals surface area contributed by atoms with Crippen molar-refractivity contribution in [3.05, 3.63) is 16.1 Å². The Balaban J connectivity index is 2.46. The van der Waals surface area contributed by atoms with Gasteiger partial charge in [-0.1, -0.05) is 20.8 Å². The fourth-order valence-corrected chi connectivity index (χ4v) is 2.88. The second-order valence-electron chi connectivity index (χ2n) is 5.03. The van der Waals surface area contributed by atoms with Crippen molar-refractivity contribution in [3.8, 4) is 0 Å². The van der Waals surface area contributed by atoms with Crippen molar-refractivity contribution in [2.75, 3.05) is 26.2 Å². The number of nitrogens with zero attached hydrogens (tertiary/aromatic N) is 2. The van der Waals surface area contributed by atoms with Gasteiger partial charge in [-0.3, -0.25) is 0 Å². The van der Waals surface area contributed by atoms with Gasteiger partial charge in [-0.15, -0.1) is 11.3 Å². The van der Waals surface area contributed by atoms with E-state index in [1.807, 2.05) is 0 Å². The summed E-state index contributed by atoms with van der Waals surface area (Å²) in [6.45, 7) is 13.4. The van der Waals surface area contributed by atoms with E-state index < -0.39 is 0 Å². The van der Waals surface area contributed by atoms with Crippen molar-refractivity contribution in [3.63, 3.8) is 0 Å². The normalized spacial score (nSPS) is 13.1. The minimum atomic E-state index is 0.557. The molecule has 0 saturated carbocycles. The largest absolute Gasteiger partial charge is 0.314 e. The molecular formula is C15H29N3S. The van der Waals surface area contributed by atoms with Crippen molar-refractivity contribution in [1.82, 2.24) is 15.2 Å². The first-order valence-corrected chi connectivity index (χ1v) is 8.44. The van der Waals surface area contributed by atoms with Gasteiger partial charge in [-0.25, -0.2) is 4.98 Å². The lowest BCUT2D eigenvalue weighted by Crippen LogP contribution is -2.36. The van der Waals surface area contributed by atoms with Gasteiger partial charge in [-0.2, -0.15) is 0 Å². The molecule has 1 N–H and O–H groups in total. The molecule has 0 fully saturated rings. The van der Waals surface area contributed by atoms with Crippen molar-refractivity contribution in [1.29, 1.82) is 0 Å². The van der Waals surface area contributed by atoms with Gasteiger partial charge in [0.2, 0.25) is 0 Å². The second kappa shape index (κ2) is 9.45. The number of hydrogen-bond donors (Lipinski definition) is 1. The molecule has 0 aliphatic rings. The van der Waals surface area contributed by atoms with E-state index in [-0.39, 0.29) is 0 Å². The molecule has 0 radical (unpaired) electrons. The lowest BCUT2D eigenvalue weighted by molar-refractivity contribution is 0.280. The van der Waals surface area contributed by atoms with Gasteiger partial charge in [0, 0.05) is 17.8 Å². The summed E-state index contributed by atoms with van der Waals surface area (Å²) in [6.07, 6.45) is 3.46. The van der Waals surface area contributed by atoms with Gasteiger partial charge >= 0.3 is 0 Å². The summed E-state index contributed by atoms with van der Waals surface area (Å²) in [5.41, 5.74) is 1.25. The molecule has 0 spiro atoms. The van der Waals surface area contributed by atoms with Crippen LogP contribution in [0, 0.1) is 6.92 Å². The SMILES string of the molecule is CCCNC(CCN(CC)CC)Cc1csc(C)n1. The Morgan fingerprint density at radius 1 is 1.32 bits per heavy atom. The van der Waals surface area contributed by atoms with E-state index in [0.29, 0.717) is 6.04 Å². The average molecular weight is 283 g/mol. The number of hydrogen-bond acceptors (Lipinski definition) is 4. The maximum atomic E-state index is 4.59. The van der Waals surface area contributed by atoms with Gasteiger partial charge in [0.05, 0.1) is 10.7 Å². The van der Waals surface area contributed by atoms with Crippen LogP contribution in [0.25, 0.3) is 0 Å². The van der Waals surface area contributed by atoms with Crippen LogP contribution < -0.4 is 5.32 Å². The predicted molar refractivity (Wildman–Crippen MR) is 85.0 cm³/mol. The maximum Gasteiger partial charge on any atom is 0.0897 e. The third-order valence-corrected chi connectivity index (χ3v) is 4.32. The smallest absolute Gasteiger partial charge is 0.0897 e. The summed E-state index contributed by atoms with van der Waals surface area (Å²) in [6, 6.07) is 0.557. The van der Waals surface area contributed by atoms with Gasteiger partial charge in [-0.05, 0) is 45.9 Å². The monoisotopic (exact) mass is 283 g/mol. The van der Waals surface area contributed by atoms with E-state index in [1.165, 1.54) is 30.1 Å². The number of thiazole rings is 1. The highest BCUT2D eigenvalue weighted by Gasteiger charge is 2.12. The van der Waals surface area contributed by atoms with E-state index in [4.69, 9.17) is 0 Å². The Kier molecular flexibility index (Phi) is 8.26. The highest BCUT2D eigenvalue weighted by atomic mass is 32.1. The van der Waals surface area contributed by atoms with E-state index in [9.17, 15) is 0 Å². The Hall–Kier alpha value is -0.450. The average Bonchev–Trinajstić information content (AvgIpc) is 2.82. The molecule has 0 aliphatic carbocycles. The lowest BCUT2D eigenvalue weighted by atomic mass is 10.1. The van der Waals surface area contributed by atoms with Gasteiger partial charge in [0.25, 0.3) is 0 Å². The topological polar surface area (TPSA) is 28.2 Å². The van der Waals surface area contributed by atoms with Crippen molar-refractivity contribution in [2.24, 2.45) is 0 Å². The minimum Gasteiger partial charge on any atom is -0.314 e.